The fraction of sp³-hybridized carbons (Fsp3) is 0.625. The van der Waals surface area contributed by atoms with E-state index < -0.39 is 0 Å². The normalized spacial score (nSPS) is 25.6. The number of ether oxygens (including phenoxy) is 1. The highest BCUT2D eigenvalue weighted by atomic mass is 79.9. The largest absolute Gasteiger partial charge is 0.369 e. The molecule has 1 saturated heterocycles. The maximum absolute atomic E-state index is 6.23. The Balaban J connectivity index is 2.40. The van der Waals surface area contributed by atoms with E-state index in [9.17, 15) is 0 Å². The van der Waals surface area contributed by atoms with Crippen LogP contribution in [0, 0.1) is 5.92 Å². The van der Waals surface area contributed by atoms with Gasteiger partial charge in [0, 0.05) is 21.5 Å². The first-order valence-corrected chi connectivity index (χ1v) is 8.16. The van der Waals surface area contributed by atoms with Gasteiger partial charge in [-0.2, -0.15) is 0 Å². The minimum Gasteiger partial charge on any atom is -0.369 e. The van der Waals surface area contributed by atoms with Gasteiger partial charge in [-0.05, 0) is 64.9 Å². The minimum absolute atomic E-state index is 0.0890. The van der Waals surface area contributed by atoms with Crippen LogP contribution < -0.4 is 5.32 Å². The van der Waals surface area contributed by atoms with E-state index in [0.29, 0.717) is 5.92 Å². The summed E-state index contributed by atoms with van der Waals surface area (Å²) in [6.45, 7) is 8.67. The van der Waals surface area contributed by atoms with Gasteiger partial charge in [-0.3, -0.25) is 0 Å². The van der Waals surface area contributed by atoms with Crippen molar-refractivity contribution in [3.05, 3.63) is 33.3 Å². The lowest BCUT2D eigenvalue weighted by Gasteiger charge is -2.33. The van der Waals surface area contributed by atoms with Gasteiger partial charge in [-0.1, -0.05) is 27.5 Å². The Morgan fingerprint density at radius 1 is 1.35 bits per heavy atom. The molecule has 0 aliphatic carbocycles. The van der Waals surface area contributed by atoms with Crippen LogP contribution in [0.3, 0.4) is 0 Å². The van der Waals surface area contributed by atoms with Crippen molar-refractivity contribution in [3.8, 4) is 0 Å². The average Bonchev–Trinajstić information content (AvgIpc) is 2.53. The molecule has 0 spiro atoms. The highest BCUT2D eigenvalue weighted by Crippen LogP contribution is 2.48. The average molecular weight is 361 g/mol. The summed E-state index contributed by atoms with van der Waals surface area (Å²) in [5.41, 5.74) is 0.937. The summed E-state index contributed by atoms with van der Waals surface area (Å²) in [5, 5.41) is 4.22. The minimum atomic E-state index is -0.168. The van der Waals surface area contributed by atoms with Crippen LogP contribution in [0.2, 0.25) is 5.02 Å². The molecule has 4 heteroatoms. The van der Waals surface area contributed by atoms with Crippen molar-refractivity contribution in [2.45, 2.75) is 51.4 Å². The Labute approximate surface area is 135 Å². The van der Waals surface area contributed by atoms with Crippen LogP contribution in [0.25, 0.3) is 0 Å². The lowest BCUT2D eigenvalue weighted by Crippen LogP contribution is -2.37. The summed E-state index contributed by atoms with van der Waals surface area (Å²) in [6, 6.07) is 6.16. The van der Waals surface area contributed by atoms with Crippen molar-refractivity contribution < 1.29 is 4.74 Å². The summed E-state index contributed by atoms with van der Waals surface area (Å²) in [6.07, 6.45) is 1.02. The maximum Gasteiger partial charge on any atom is 0.0681 e. The van der Waals surface area contributed by atoms with Crippen LogP contribution >= 0.6 is 27.5 Å². The van der Waals surface area contributed by atoms with E-state index in [1.165, 1.54) is 5.56 Å². The predicted molar refractivity (Wildman–Crippen MR) is 88.3 cm³/mol. The number of rotatable bonds is 3. The van der Waals surface area contributed by atoms with E-state index in [1.807, 2.05) is 25.2 Å². The Kier molecular flexibility index (Phi) is 4.56. The van der Waals surface area contributed by atoms with E-state index >= 15 is 0 Å². The third kappa shape index (κ3) is 3.22. The summed E-state index contributed by atoms with van der Waals surface area (Å²) in [4.78, 5) is 0. The number of benzene rings is 1. The lowest BCUT2D eigenvalue weighted by atomic mass is 9.79. The Morgan fingerprint density at radius 2 is 2.00 bits per heavy atom. The molecule has 0 saturated carbocycles. The first-order chi connectivity index (χ1) is 9.16. The Hall–Kier alpha value is -0.0900. The van der Waals surface area contributed by atoms with E-state index in [0.717, 1.165) is 15.9 Å². The summed E-state index contributed by atoms with van der Waals surface area (Å²) < 4.78 is 7.32. The molecular formula is C16H23BrClNO. The first-order valence-electron chi connectivity index (χ1n) is 6.99. The third-order valence-corrected chi connectivity index (χ3v) is 5.11. The third-order valence-electron chi connectivity index (χ3n) is 4.15. The molecule has 112 valence electrons. The van der Waals surface area contributed by atoms with Gasteiger partial charge >= 0.3 is 0 Å². The Bertz CT molecular complexity index is 501. The van der Waals surface area contributed by atoms with Gasteiger partial charge in [-0.15, -0.1) is 0 Å². The monoisotopic (exact) mass is 359 g/mol. The molecule has 1 aromatic rings. The number of hydrogen-bond donors (Lipinski definition) is 1. The first kappa shape index (κ1) is 16.3. The van der Waals surface area contributed by atoms with Gasteiger partial charge in [0.15, 0.2) is 0 Å². The SMILES string of the molecule is CNC(c1cc(Cl)ccc1Br)C1CC(C)(C)OC1(C)C. The predicted octanol–water partition coefficient (Wildman–Crippen LogP) is 4.96. The molecule has 2 rings (SSSR count). The van der Waals surface area contributed by atoms with Crippen LogP contribution in [0.4, 0.5) is 0 Å². The van der Waals surface area contributed by atoms with Crippen LogP contribution in [-0.4, -0.2) is 18.2 Å². The van der Waals surface area contributed by atoms with Crippen LogP contribution in [-0.2, 0) is 4.74 Å². The van der Waals surface area contributed by atoms with Crippen molar-refractivity contribution in [1.29, 1.82) is 0 Å². The van der Waals surface area contributed by atoms with Crippen molar-refractivity contribution >= 4 is 27.5 Å². The van der Waals surface area contributed by atoms with Crippen molar-refractivity contribution in [3.63, 3.8) is 0 Å². The maximum atomic E-state index is 6.23. The molecule has 0 bridgehead atoms. The molecule has 1 fully saturated rings. The van der Waals surface area contributed by atoms with Gasteiger partial charge in [0.25, 0.3) is 0 Å². The second-order valence-corrected chi connectivity index (χ2v) is 8.00. The standard InChI is InChI=1S/C16H23BrClNO/c1-15(2)9-12(16(3,4)20-15)14(19-5)11-8-10(18)6-7-13(11)17/h6-8,12,14,19H,9H2,1-5H3. The van der Waals surface area contributed by atoms with Crippen molar-refractivity contribution in [2.24, 2.45) is 5.92 Å². The van der Waals surface area contributed by atoms with Crippen molar-refractivity contribution in [2.75, 3.05) is 7.05 Å². The molecule has 1 N–H and O–H groups in total. The molecule has 1 aromatic carbocycles. The van der Waals surface area contributed by atoms with Gasteiger partial charge in [0.2, 0.25) is 0 Å². The lowest BCUT2D eigenvalue weighted by molar-refractivity contribution is -0.0776. The van der Waals surface area contributed by atoms with Gasteiger partial charge < -0.3 is 10.1 Å². The summed E-state index contributed by atoms with van der Waals surface area (Å²) in [5.74, 6) is 0.386. The zero-order valence-corrected chi connectivity index (χ0v) is 15.1. The number of hydrogen-bond acceptors (Lipinski definition) is 2. The van der Waals surface area contributed by atoms with Crippen LogP contribution in [0.15, 0.2) is 22.7 Å². The smallest absolute Gasteiger partial charge is 0.0681 e. The number of nitrogens with one attached hydrogen (secondary N) is 1. The quantitative estimate of drug-likeness (QED) is 0.823. The fourth-order valence-corrected chi connectivity index (χ4v) is 4.12. The molecule has 1 heterocycles. The molecule has 2 atom stereocenters. The second-order valence-electron chi connectivity index (χ2n) is 6.71. The highest BCUT2D eigenvalue weighted by Gasteiger charge is 2.49. The molecule has 0 aromatic heterocycles. The van der Waals surface area contributed by atoms with Crippen molar-refractivity contribution in [1.82, 2.24) is 5.32 Å². The Morgan fingerprint density at radius 3 is 2.50 bits per heavy atom. The van der Waals surface area contributed by atoms with Gasteiger partial charge in [-0.25, -0.2) is 0 Å². The summed E-state index contributed by atoms with van der Waals surface area (Å²) in [7, 11) is 2.00. The molecule has 20 heavy (non-hydrogen) atoms. The molecule has 0 amide bonds. The zero-order valence-electron chi connectivity index (χ0n) is 12.8. The van der Waals surface area contributed by atoms with Gasteiger partial charge in [0.1, 0.15) is 0 Å². The van der Waals surface area contributed by atoms with Crippen LogP contribution in [0.1, 0.15) is 45.7 Å². The van der Waals surface area contributed by atoms with Gasteiger partial charge in [0.05, 0.1) is 11.2 Å². The molecule has 2 unspecified atom stereocenters. The molecule has 1 aliphatic rings. The van der Waals surface area contributed by atoms with E-state index in [-0.39, 0.29) is 17.2 Å². The fourth-order valence-electron chi connectivity index (χ4n) is 3.45. The second kappa shape index (κ2) is 5.60. The zero-order chi connectivity index (χ0) is 15.1. The molecular weight excluding hydrogens is 338 g/mol. The summed E-state index contributed by atoms with van der Waals surface area (Å²) >= 11 is 9.82. The molecule has 2 nitrogen and oxygen atoms in total. The van der Waals surface area contributed by atoms with Crippen LogP contribution in [0.5, 0.6) is 0 Å². The van der Waals surface area contributed by atoms with E-state index in [4.69, 9.17) is 16.3 Å². The topological polar surface area (TPSA) is 21.3 Å². The number of halogens is 2. The highest BCUT2D eigenvalue weighted by molar-refractivity contribution is 9.10. The van der Waals surface area contributed by atoms with E-state index in [2.05, 4.69) is 48.9 Å². The van der Waals surface area contributed by atoms with E-state index in [1.54, 1.807) is 0 Å². The molecule has 0 radical (unpaired) electrons. The molecule has 1 aliphatic heterocycles.